The van der Waals surface area contributed by atoms with Gasteiger partial charge in [0.1, 0.15) is 0 Å². The van der Waals surface area contributed by atoms with Gasteiger partial charge in [-0.1, -0.05) is 30.3 Å². The number of esters is 1. The van der Waals surface area contributed by atoms with Gasteiger partial charge in [0.05, 0.1) is 17.9 Å². The van der Waals surface area contributed by atoms with Crippen molar-refractivity contribution in [3.63, 3.8) is 0 Å². The van der Waals surface area contributed by atoms with Gasteiger partial charge in [-0.15, -0.1) is 0 Å². The minimum atomic E-state index is -3.60. The molecule has 7 heteroatoms. The monoisotopic (exact) mass is 334 g/mol. The highest BCUT2D eigenvalue weighted by atomic mass is 32.2. The van der Waals surface area contributed by atoms with Gasteiger partial charge in [-0.25, -0.2) is 13.2 Å². The number of ether oxygens (including phenoxy) is 1. The Morgan fingerprint density at radius 1 is 1.17 bits per heavy atom. The quantitative estimate of drug-likeness (QED) is 0.624. The summed E-state index contributed by atoms with van der Waals surface area (Å²) in [6.45, 7) is 1.89. The van der Waals surface area contributed by atoms with Crippen molar-refractivity contribution in [2.45, 2.75) is 12.7 Å². The second-order valence-corrected chi connectivity index (χ2v) is 6.59. The molecule has 0 spiro atoms. The normalized spacial score (nSPS) is 11.0. The van der Waals surface area contributed by atoms with E-state index in [0.717, 1.165) is 0 Å². The predicted octanol–water partition coefficient (Wildman–Crippen LogP) is 2.39. The highest BCUT2D eigenvalue weighted by Gasteiger charge is 2.15. The fourth-order valence-electron chi connectivity index (χ4n) is 2.01. The van der Waals surface area contributed by atoms with Gasteiger partial charge in [0, 0.05) is 11.4 Å². The van der Waals surface area contributed by atoms with Gasteiger partial charge in [0.2, 0.25) is 10.0 Å². The van der Waals surface area contributed by atoms with Crippen molar-refractivity contribution in [3.8, 4) is 0 Å². The van der Waals surface area contributed by atoms with Crippen LogP contribution in [0.15, 0.2) is 48.5 Å². The van der Waals surface area contributed by atoms with Crippen molar-refractivity contribution in [3.05, 3.63) is 59.7 Å². The predicted molar refractivity (Wildman–Crippen MR) is 89.5 cm³/mol. The molecule has 2 rings (SSSR count). The molecule has 0 aromatic heterocycles. The number of anilines is 2. The van der Waals surface area contributed by atoms with Crippen LogP contribution < -0.4 is 10.5 Å². The number of nitrogens with two attached hydrogens (primary N) is 1. The summed E-state index contributed by atoms with van der Waals surface area (Å²) in [5, 5.41) is 0. The molecular weight excluding hydrogens is 316 g/mol. The molecule has 0 amide bonds. The second-order valence-electron chi connectivity index (χ2n) is 4.87. The lowest BCUT2D eigenvalue weighted by atomic mass is 10.1. The number of hydrogen-bond donors (Lipinski definition) is 2. The largest absolute Gasteiger partial charge is 0.462 e. The van der Waals surface area contributed by atoms with Gasteiger partial charge in [0.25, 0.3) is 0 Å². The average molecular weight is 334 g/mol. The average Bonchev–Trinajstić information content (AvgIpc) is 2.49. The SMILES string of the molecule is CCOC(=O)c1cc(NS(=O)(=O)Cc2ccccc2)ccc1N. The molecule has 0 atom stereocenters. The number of rotatable bonds is 6. The summed E-state index contributed by atoms with van der Waals surface area (Å²) in [6.07, 6.45) is 0. The third kappa shape index (κ3) is 4.72. The number of carbonyl (C=O) groups excluding carboxylic acids is 1. The van der Waals surface area contributed by atoms with Crippen LogP contribution in [0.1, 0.15) is 22.8 Å². The molecule has 122 valence electrons. The molecule has 0 heterocycles. The standard InChI is InChI=1S/C16H18N2O4S/c1-2-22-16(19)14-10-13(8-9-15(14)17)18-23(20,21)11-12-6-4-3-5-7-12/h3-10,18H,2,11,17H2,1H3. The first-order chi connectivity index (χ1) is 10.9. The second kappa shape index (κ2) is 7.15. The van der Waals surface area contributed by atoms with Gasteiger partial charge in [-0.2, -0.15) is 0 Å². The maximum atomic E-state index is 12.2. The number of benzene rings is 2. The summed E-state index contributed by atoms with van der Waals surface area (Å²) < 4.78 is 31.7. The third-order valence-corrected chi connectivity index (χ3v) is 4.28. The molecule has 23 heavy (non-hydrogen) atoms. The van der Waals surface area contributed by atoms with E-state index < -0.39 is 16.0 Å². The van der Waals surface area contributed by atoms with Crippen molar-refractivity contribution in [1.82, 2.24) is 0 Å². The number of nitrogen functional groups attached to an aromatic ring is 1. The zero-order valence-corrected chi connectivity index (χ0v) is 13.5. The zero-order valence-electron chi connectivity index (χ0n) is 12.7. The van der Waals surface area contributed by atoms with Gasteiger partial charge < -0.3 is 10.5 Å². The zero-order chi connectivity index (χ0) is 16.9. The molecule has 0 unspecified atom stereocenters. The Hall–Kier alpha value is -2.54. The van der Waals surface area contributed by atoms with Crippen molar-refractivity contribution in [2.75, 3.05) is 17.1 Å². The number of carbonyl (C=O) groups is 1. The van der Waals surface area contributed by atoms with E-state index in [-0.39, 0.29) is 29.3 Å². The Bertz CT molecular complexity index is 789. The van der Waals surface area contributed by atoms with E-state index in [2.05, 4.69) is 4.72 Å². The molecule has 0 bridgehead atoms. The first kappa shape index (κ1) is 16.8. The van der Waals surface area contributed by atoms with Crippen LogP contribution in [0.4, 0.5) is 11.4 Å². The summed E-state index contributed by atoms with van der Waals surface area (Å²) in [7, 11) is -3.60. The smallest absolute Gasteiger partial charge is 0.340 e. The number of sulfonamides is 1. The molecule has 0 fully saturated rings. The fraction of sp³-hybridized carbons (Fsp3) is 0.188. The summed E-state index contributed by atoms with van der Waals surface area (Å²) in [6, 6.07) is 13.1. The van der Waals surface area contributed by atoms with Crippen molar-refractivity contribution in [2.24, 2.45) is 0 Å². The Labute approximate surface area is 135 Å². The first-order valence-electron chi connectivity index (χ1n) is 7.02. The van der Waals surface area contributed by atoms with E-state index >= 15 is 0 Å². The van der Waals surface area contributed by atoms with E-state index in [1.807, 2.05) is 6.07 Å². The number of hydrogen-bond acceptors (Lipinski definition) is 5. The minimum Gasteiger partial charge on any atom is -0.462 e. The third-order valence-electron chi connectivity index (χ3n) is 3.02. The highest BCUT2D eigenvalue weighted by Crippen LogP contribution is 2.20. The van der Waals surface area contributed by atoms with Crippen molar-refractivity contribution >= 4 is 27.4 Å². The molecule has 0 aliphatic heterocycles. The van der Waals surface area contributed by atoms with Crippen LogP contribution in [0.2, 0.25) is 0 Å². The first-order valence-corrected chi connectivity index (χ1v) is 8.67. The van der Waals surface area contributed by atoms with Crippen LogP contribution in [0.5, 0.6) is 0 Å². The lowest BCUT2D eigenvalue weighted by molar-refractivity contribution is 0.0527. The Balaban J connectivity index is 2.19. The molecule has 6 nitrogen and oxygen atoms in total. The number of nitrogens with one attached hydrogen (secondary N) is 1. The van der Waals surface area contributed by atoms with Crippen molar-refractivity contribution in [1.29, 1.82) is 0 Å². The van der Waals surface area contributed by atoms with E-state index in [1.165, 1.54) is 18.2 Å². The topological polar surface area (TPSA) is 98.5 Å². The Morgan fingerprint density at radius 2 is 1.87 bits per heavy atom. The molecule has 0 radical (unpaired) electrons. The summed E-state index contributed by atoms with van der Waals surface area (Å²) in [5.74, 6) is -0.749. The van der Waals surface area contributed by atoms with E-state index in [1.54, 1.807) is 31.2 Å². The minimum absolute atomic E-state index is 0.131. The maximum Gasteiger partial charge on any atom is 0.340 e. The molecule has 0 saturated heterocycles. The Morgan fingerprint density at radius 3 is 2.52 bits per heavy atom. The molecule has 0 aliphatic rings. The highest BCUT2D eigenvalue weighted by molar-refractivity contribution is 7.91. The van der Waals surface area contributed by atoms with E-state index in [4.69, 9.17) is 10.5 Å². The lowest BCUT2D eigenvalue weighted by Crippen LogP contribution is -2.16. The van der Waals surface area contributed by atoms with Crippen molar-refractivity contribution < 1.29 is 17.9 Å². The molecule has 0 saturated carbocycles. The van der Waals surface area contributed by atoms with Crippen LogP contribution in [0.3, 0.4) is 0 Å². The van der Waals surface area contributed by atoms with Gasteiger partial charge in [-0.05, 0) is 30.7 Å². The molecule has 2 aromatic rings. The fourth-order valence-corrected chi connectivity index (χ4v) is 3.20. The lowest BCUT2D eigenvalue weighted by Gasteiger charge is -2.11. The van der Waals surface area contributed by atoms with E-state index in [0.29, 0.717) is 5.56 Å². The molecule has 2 aromatic carbocycles. The van der Waals surface area contributed by atoms with Crippen LogP contribution in [-0.2, 0) is 20.5 Å². The van der Waals surface area contributed by atoms with Crippen LogP contribution in [0.25, 0.3) is 0 Å². The summed E-state index contributed by atoms with van der Waals surface area (Å²) >= 11 is 0. The van der Waals surface area contributed by atoms with Gasteiger partial charge >= 0.3 is 5.97 Å². The van der Waals surface area contributed by atoms with Gasteiger partial charge in [-0.3, -0.25) is 4.72 Å². The molecular formula is C16H18N2O4S. The maximum absolute atomic E-state index is 12.2. The summed E-state index contributed by atoms with van der Waals surface area (Å²) in [4.78, 5) is 11.8. The summed E-state index contributed by atoms with van der Waals surface area (Å²) in [5.41, 5.74) is 7.02. The Kier molecular flexibility index (Phi) is 5.23. The molecule has 0 aliphatic carbocycles. The molecule has 3 N–H and O–H groups in total. The van der Waals surface area contributed by atoms with E-state index in [9.17, 15) is 13.2 Å². The van der Waals surface area contributed by atoms with Crippen LogP contribution >= 0.6 is 0 Å². The van der Waals surface area contributed by atoms with Crippen LogP contribution in [0, 0.1) is 0 Å². The van der Waals surface area contributed by atoms with Crippen LogP contribution in [-0.4, -0.2) is 21.0 Å². The van der Waals surface area contributed by atoms with Gasteiger partial charge in [0.15, 0.2) is 0 Å².